The molecule has 0 bridgehead atoms. The highest BCUT2D eigenvalue weighted by Gasteiger charge is 2.39. The van der Waals surface area contributed by atoms with Crippen LogP contribution in [-0.4, -0.2) is 135 Å². The maximum absolute atomic E-state index is 15.3. The summed E-state index contributed by atoms with van der Waals surface area (Å²) in [4.78, 5) is 130. The van der Waals surface area contributed by atoms with Crippen molar-refractivity contribution in [2.24, 2.45) is 11.1 Å². The van der Waals surface area contributed by atoms with Crippen molar-refractivity contribution in [2.45, 2.75) is 91.1 Å². The molecule has 0 aliphatic carbocycles. The maximum Gasteiger partial charge on any atom is 0.254 e. The maximum atomic E-state index is 15.3. The van der Waals surface area contributed by atoms with Gasteiger partial charge in [-0.25, -0.2) is 8.78 Å². The van der Waals surface area contributed by atoms with Crippen molar-refractivity contribution in [3.63, 3.8) is 0 Å². The summed E-state index contributed by atoms with van der Waals surface area (Å²) >= 11 is 0. The monoisotopic (exact) mass is 991 g/mol. The molecule has 1 aliphatic rings. The molecular weight excluding hydrogens is 931 g/mol. The van der Waals surface area contributed by atoms with Crippen LogP contribution in [-0.2, 0) is 54.5 Å². The predicted octanol–water partition coefficient (Wildman–Crippen LogP) is -0.188. The molecule has 10 amide bonds. The molecule has 21 nitrogen and oxygen atoms in total. The second kappa shape index (κ2) is 25.2. The number of aromatic nitrogens is 1. The summed E-state index contributed by atoms with van der Waals surface area (Å²) in [6, 6.07) is 6.60. The lowest BCUT2D eigenvalue weighted by atomic mass is 9.82. The van der Waals surface area contributed by atoms with Gasteiger partial charge in [0.25, 0.3) is 11.8 Å². The van der Waals surface area contributed by atoms with Crippen molar-refractivity contribution < 1.29 is 63.2 Å². The van der Waals surface area contributed by atoms with E-state index in [9.17, 15) is 57.4 Å². The van der Waals surface area contributed by atoms with Crippen LogP contribution in [0.5, 0.6) is 0 Å². The van der Waals surface area contributed by atoms with Gasteiger partial charge in [-0.05, 0) is 55.5 Å². The van der Waals surface area contributed by atoms with E-state index in [1.165, 1.54) is 18.7 Å². The normalized spacial score (nSPS) is 14.5. The smallest absolute Gasteiger partial charge is 0.254 e. The first kappa shape index (κ1) is 54.1. The third kappa shape index (κ3) is 16.1. The fourth-order valence-electron chi connectivity index (χ4n) is 7.65. The number of aliphatic hydroxyl groups is 1. The lowest BCUT2D eigenvalue weighted by Gasteiger charge is -2.41. The molecule has 4 rings (SSSR count). The Morgan fingerprint density at radius 2 is 1.44 bits per heavy atom. The lowest BCUT2D eigenvalue weighted by molar-refractivity contribution is -0.141. The molecule has 5 atom stereocenters. The predicted molar refractivity (Wildman–Crippen MR) is 251 cm³/mol. The Morgan fingerprint density at radius 3 is 2.04 bits per heavy atom. The fraction of sp³-hybridized carbons (Fsp3) is 0.417. The molecule has 382 valence electrons. The molecule has 0 saturated carbocycles. The minimum absolute atomic E-state index is 0.0714. The molecule has 9 N–H and O–H groups in total. The third-order valence-corrected chi connectivity index (χ3v) is 11.0. The van der Waals surface area contributed by atoms with E-state index in [2.05, 4.69) is 26.6 Å². The molecule has 0 unspecified atom stereocenters. The summed E-state index contributed by atoms with van der Waals surface area (Å²) in [5, 5.41) is 22.9. The van der Waals surface area contributed by atoms with Crippen LogP contribution in [0.4, 0.5) is 8.78 Å². The van der Waals surface area contributed by atoms with Crippen molar-refractivity contribution in [2.75, 3.05) is 32.8 Å². The molecule has 0 fully saturated rings. The van der Waals surface area contributed by atoms with E-state index in [1.807, 2.05) is 30.3 Å². The van der Waals surface area contributed by atoms with Gasteiger partial charge in [0.15, 0.2) is 1.41 Å². The van der Waals surface area contributed by atoms with Crippen molar-refractivity contribution in [1.29, 1.82) is 0 Å². The second-order valence-corrected chi connectivity index (χ2v) is 17.8. The summed E-state index contributed by atoms with van der Waals surface area (Å²) < 4.78 is 39.4. The van der Waals surface area contributed by atoms with Crippen LogP contribution in [0.3, 0.4) is 0 Å². The Morgan fingerprint density at radius 1 is 0.817 bits per heavy atom. The molecule has 2 aromatic carbocycles. The Kier molecular flexibility index (Phi) is 19.2. The van der Waals surface area contributed by atoms with Crippen LogP contribution in [0.2, 0.25) is 1.41 Å². The first-order chi connectivity index (χ1) is 33.8. The number of hydrogen-bond donors (Lipinski definition) is 8. The number of carbonyl (C=O) groups excluding carboxylic acids is 10. The van der Waals surface area contributed by atoms with Crippen LogP contribution in [0.25, 0.3) is 11.1 Å². The van der Waals surface area contributed by atoms with Crippen molar-refractivity contribution in [3.05, 3.63) is 95.8 Å². The van der Waals surface area contributed by atoms with Crippen LogP contribution in [0, 0.1) is 17.0 Å². The zero-order chi connectivity index (χ0) is 53.6. The molecule has 0 radical (unpaired) electrons. The van der Waals surface area contributed by atoms with Gasteiger partial charge in [0.05, 0.1) is 12.5 Å². The van der Waals surface area contributed by atoms with Gasteiger partial charge in [-0.2, -0.15) is 0 Å². The SMILES string of the molecule is [2H]N(C(C)=O)[C@@H](C)C(=O)N[C@@H](C)C(=O)N[C@@H](CC(N)=O)C(=O)N[C@@H](CCN(C(=O)CO)[C@@H](c1cc(-c2cc(F)ccc2F)cn1Cc1ccccc1)C(C)(C)C)C(=O)NCCNC(=O)CN1C(=O)C=CC1=O. The number of carbonyl (C=O) groups is 10. The Balaban J connectivity index is 1.69. The number of nitrogens with one attached hydrogen (secondary N) is 6. The van der Waals surface area contributed by atoms with Crippen LogP contribution < -0.4 is 37.6 Å². The van der Waals surface area contributed by atoms with E-state index in [1.54, 1.807) is 37.6 Å². The molecule has 71 heavy (non-hydrogen) atoms. The summed E-state index contributed by atoms with van der Waals surface area (Å²) in [6.07, 6.45) is 2.37. The Hall–Kier alpha value is -7.82. The third-order valence-electron chi connectivity index (χ3n) is 11.0. The molecular formula is C48H60F2N10O11. The largest absolute Gasteiger partial charge is 0.387 e. The van der Waals surface area contributed by atoms with Gasteiger partial charge < -0.3 is 52.2 Å². The molecule has 2 heterocycles. The van der Waals surface area contributed by atoms with Crippen LogP contribution in [0.1, 0.15) is 71.7 Å². The van der Waals surface area contributed by atoms with Gasteiger partial charge in [-0.15, -0.1) is 0 Å². The summed E-state index contributed by atoms with van der Waals surface area (Å²) in [7, 11) is 0. The van der Waals surface area contributed by atoms with Gasteiger partial charge in [-0.3, -0.25) is 52.8 Å². The van der Waals surface area contributed by atoms with E-state index in [-0.39, 0.29) is 37.3 Å². The zero-order valence-corrected chi connectivity index (χ0v) is 40.1. The molecule has 3 aromatic rings. The van der Waals surface area contributed by atoms with Gasteiger partial charge in [0.1, 0.15) is 49.0 Å². The molecule has 23 heteroatoms. The molecule has 1 aromatic heterocycles. The average molecular weight is 992 g/mol. The lowest BCUT2D eigenvalue weighted by Crippen LogP contribution is -2.58. The first-order valence-corrected chi connectivity index (χ1v) is 22.5. The van der Waals surface area contributed by atoms with Gasteiger partial charge in [0, 0.05) is 68.3 Å². The van der Waals surface area contributed by atoms with Gasteiger partial charge in [0.2, 0.25) is 47.3 Å². The average Bonchev–Trinajstić information content (AvgIpc) is 3.87. The first-order valence-electron chi connectivity index (χ1n) is 22.9. The number of hydrogen-bond acceptors (Lipinski definition) is 11. The topological polar surface area (TPSA) is 301 Å². The van der Waals surface area contributed by atoms with Crippen LogP contribution in [0.15, 0.2) is 72.9 Å². The quantitative estimate of drug-likeness (QED) is 0.0430. The fourth-order valence-corrected chi connectivity index (χ4v) is 7.65. The zero-order valence-electron chi connectivity index (χ0n) is 41.1. The number of amides is 10. The number of halogens is 2. The van der Waals surface area contributed by atoms with Gasteiger partial charge >= 0.3 is 0 Å². The Labute approximate surface area is 409 Å². The second-order valence-electron chi connectivity index (χ2n) is 17.8. The summed E-state index contributed by atoms with van der Waals surface area (Å²) in [5.41, 5.74) is 5.96. The minimum Gasteiger partial charge on any atom is -0.387 e. The van der Waals surface area contributed by atoms with E-state index in [0.717, 1.165) is 42.8 Å². The number of benzene rings is 2. The van der Waals surface area contributed by atoms with E-state index < -0.39 is 132 Å². The highest BCUT2D eigenvalue weighted by atomic mass is 19.1. The molecule has 1 aliphatic heterocycles. The summed E-state index contributed by atoms with van der Waals surface area (Å²) in [6.45, 7) is 6.52. The molecule has 0 spiro atoms. The van der Waals surface area contributed by atoms with E-state index in [0.29, 0.717) is 15.9 Å². The standard InChI is InChI=1S/C48H60F2N10O11/c1-27(54-29(3)62)44(68)55-28(2)45(69)57-36(22-38(51)63)47(71)56-35(46(70)53-18-17-52-39(64)25-60-40(65)14-15-41(60)66)16-19-59(42(67)26-61)43(48(4,5)6)37-20-31(33-21-32(49)12-13-34(33)50)24-58(37)23-30-10-8-7-9-11-30/h7-15,20-21,24,27-28,35-36,43,61H,16-19,22-23,25-26H2,1-6H3,(H2,51,63)(H,52,64)(H,53,70)(H,54,62)(H,55,68)(H,56,71)(H,57,69)/t27-,28-,35-,36-,43-/m0/s1/i/hD. The number of nitrogens with zero attached hydrogens (tertiary/aromatic N) is 3. The van der Waals surface area contributed by atoms with Crippen LogP contribution >= 0.6 is 0 Å². The summed E-state index contributed by atoms with van der Waals surface area (Å²) in [5.74, 6) is -10.2. The highest BCUT2D eigenvalue weighted by molar-refractivity contribution is 6.14. The number of imide groups is 1. The Bertz CT molecular complexity index is 2550. The highest BCUT2D eigenvalue weighted by Crippen LogP contribution is 2.41. The number of aliphatic hydroxyl groups excluding tert-OH is 1. The van der Waals surface area contributed by atoms with E-state index in [4.69, 9.17) is 7.15 Å². The van der Waals surface area contributed by atoms with E-state index >= 15 is 4.39 Å². The number of nitrogens with two attached hydrogens (primary N) is 1. The van der Waals surface area contributed by atoms with Crippen molar-refractivity contribution in [1.82, 2.24) is 46.3 Å². The van der Waals surface area contributed by atoms with Crippen molar-refractivity contribution in [3.8, 4) is 11.1 Å². The minimum atomic E-state index is -1.77. The van der Waals surface area contributed by atoms with Crippen molar-refractivity contribution >= 4 is 59.1 Å². The number of rotatable bonds is 24. The molecule has 0 saturated heterocycles. The van der Waals surface area contributed by atoms with Gasteiger partial charge in [-0.1, -0.05) is 51.1 Å². The number of primary amides is 1.